The maximum atomic E-state index is 15.1. The molecule has 6 nitrogen and oxygen atoms in total. The summed E-state index contributed by atoms with van der Waals surface area (Å²) in [5.74, 6) is -2.90. The van der Waals surface area contributed by atoms with Gasteiger partial charge in [0.25, 0.3) is 0 Å². The minimum Gasteiger partial charge on any atom is -0.453 e. The average Bonchev–Trinajstić information content (AvgIpc) is 2.85. The predicted octanol–water partition coefficient (Wildman–Crippen LogP) is 3.79. The van der Waals surface area contributed by atoms with Gasteiger partial charge in [-0.1, -0.05) is 18.2 Å². The number of benzene rings is 1. The van der Waals surface area contributed by atoms with E-state index in [9.17, 15) is 13.8 Å². The van der Waals surface area contributed by atoms with Gasteiger partial charge in [-0.3, -0.25) is 4.57 Å². The Morgan fingerprint density at radius 2 is 1.86 bits per heavy atom. The Hall–Kier alpha value is -1.28. The monoisotopic (exact) mass is 416 g/mol. The standard InChI is InChI=1S/C18H24BF2O6P/c1-4-24-28(23,25-5-2)14(20)11-13-15(18(3,21)17(19)26-13)27-16(22)12-9-7-6-8-10-12/h6-10,13-15,17H,4-5,11H2,1-3H3/t13-,14?,15-,17-,18?/m1/s1. The zero-order valence-electron chi connectivity index (χ0n) is 16.0. The van der Waals surface area contributed by atoms with E-state index in [1.54, 1.807) is 32.0 Å². The molecule has 1 aliphatic rings. The number of rotatable bonds is 9. The van der Waals surface area contributed by atoms with Crippen molar-refractivity contribution in [3.8, 4) is 0 Å². The smallest absolute Gasteiger partial charge is 0.364 e. The van der Waals surface area contributed by atoms with Crippen molar-refractivity contribution in [2.75, 3.05) is 13.2 Å². The summed E-state index contributed by atoms with van der Waals surface area (Å²) in [7, 11) is 1.57. The molecule has 0 N–H and O–H groups in total. The first-order valence-corrected chi connectivity index (χ1v) is 10.7. The zero-order chi connectivity index (χ0) is 20.9. The molecule has 1 aromatic carbocycles. The second-order valence-corrected chi connectivity index (χ2v) is 8.64. The molecule has 10 heteroatoms. The molecule has 2 rings (SSSR count). The van der Waals surface area contributed by atoms with Gasteiger partial charge in [0.2, 0.25) is 5.91 Å². The van der Waals surface area contributed by atoms with Crippen LogP contribution in [0.1, 0.15) is 37.6 Å². The van der Waals surface area contributed by atoms with Gasteiger partial charge in [0, 0.05) is 6.42 Å². The summed E-state index contributed by atoms with van der Waals surface area (Å²) in [6.07, 6.45) is -3.33. The molecular weight excluding hydrogens is 392 g/mol. The van der Waals surface area contributed by atoms with Crippen LogP contribution in [-0.2, 0) is 23.1 Å². The Morgan fingerprint density at radius 3 is 2.39 bits per heavy atom. The largest absolute Gasteiger partial charge is 0.453 e. The maximum absolute atomic E-state index is 15.1. The lowest BCUT2D eigenvalue weighted by atomic mass is 9.83. The van der Waals surface area contributed by atoms with Crippen molar-refractivity contribution in [2.24, 2.45) is 0 Å². The number of carbonyl (C=O) groups excluding carboxylic acids is 1. The van der Waals surface area contributed by atoms with Crippen molar-refractivity contribution >= 4 is 21.4 Å². The van der Waals surface area contributed by atoms with Crippen molar-refractivity contribution in [1.29, 1.82) is 0 Å². The molecule has 1 aliphatic heterocycles. The topological polar surface area (TPSA) is 71.1 Å². The molecule has 0 aliphatic carbocycles. The summed E-state index contributed by atoms with van der Waals surface area (Å²) >= 11 is 0. The number of ether oxygens (including phenoxy) is 2. The number of halogens is 2. The van der Waals surface area contributed by atoms with E-state index in [4.69, 9.17) is 26.4 Å². The van der Waals surface area contributed by atoms with Crippen LogP contribution in [0.5, 0.6) is 0 Å². The molecule has 1 saturated heterocycles. The second kappa shape index (κ2) is 9.48. The zero-order valence-corrected chi connectivity index (χ0v) is 16.9. The summed E-state index contributed by atoms with van der Waals surface area (Å²) < 4.78 is 63.0. The normalized spacial score (nSPS) is 28.8. The Bertz CT molecular complexity index is 695. The first-order valence-electron chi connectivity index (χ1n) is 9.04. The first kappa shape index (κ1) is 23.0. The molecule has 154 valence electrons. The minimum atomic E-state index is -4.09. The van der Waals surface area contributed by atoms with Crippen LogP contribution in [0, 0.1) is 0 Å². The maximum Gasteiger partial charge on any atom is 0.364 e. The summed E-state index contributed by atoms with van der Waals surface area (Å²) in [6, 6.07) is 6.50. The molecule has 0 amide bonds. The average molecular weight is 416 g/mol. The van der Waals surface area contributed by atoms with Gasteiger partial charge in [0.05, 0.1) is 24.8 Å². The fourth-order valence-electron chi connectivity index (χ4n) is 2.93. The van der Waals surface area contributed by atoms with E-state index in [1.807, 2.05) is 0 Å². The highest BCUT2D eigenvalue weighted by molar-refractivity contribution is 7.54. The van der Waals surface area contributed by atoms with Gasteiger partial charge < -0.3 is 18.5 Å². The molecule has 2 unspecified atom stereocenters. The van der Waals surface area contributed by atoms with Crippen molar-refractivity contribution in [2.45, 2.75) is 57.0 Å². The fraction of sp³-hybridized carbons (Fsp3) is 0.611. The van der Waals surface area contributed by atoms with Crippen LogP contribution >= 0.6 is 7.60 Å². The molecule has 0 spiro atoms. The molecule has 1 fully saturated rings. The third-order valence-corrected chi connectivity index (χ3v) is 6.54. The van der Waals surface area contributed by atoms with Crippen LogP contribution in [0.4, 0.5) is 8.78 Å². The lowest BCUT2D eigenvalue weighted by Gasteiger charge is -2.28. The molecule has 0 aromatic heterocycles. The summed E-state index contributed by atoms with van der Waals surface area (Å²) in [4.78, 5) is 12.3. The van der Waals surface area contributed by atoms with Gasteiger partial charge in [0.1, 0.15) is 14.0 Å². The van der Waals surface area contributed by atoms with Gasteiger partial charge in [-0.2, -0.15) is 0 Å². The van der Waals surface area contributed by atoms with Crippen molar-refractivity contribution in [1.82, 2.24) is 0 Å². The van der Waals surface area contributed by atoms with Crippen LogP contribution in [0.3, 0.4) is 0 Å². The number of hydrogen-bond donors (Lipinski definition) is 0. The van der Waals surface area contributed by atoms with Crippen molar-refractivity contribution < 1.29 is 36.7 Å². The molecular formula is C18H24BF2O6P. The fourth-order valence-corrected chi connectivity index (χ4v) is 4.51. The lowest BCUT2D eigenvalue weighted by molar-refractivity contribution is -0.0285. The van der Waals surface area contributed by atoms with Gasteiger partial charge in [-0.15, -0.1) is 0 Å². The number of esters is 1. The lowest BCUT2D eigenvalue weighted by Crippen LogP contribution is -2.45. The number of alkyl halides is 2. The Morgan fingerprint density at radius 1 is 1.29 bits per heavy atom. The van der Waals surface area contributed by atoms with Gasteiger partial charge in [0.15, 0.2) is 11.8 Å². The molecule has 28 heavy (non-hydrogen) atoms. The number of hydrogen-bond acceptors (Lipinski definition) is 6. The van der Waals surface area contributed by atoms with Crippen molar-refractivity contribution in [3.05, 3.63) is 35.9 Å². The van der Waals surface area contributed by atoms with E-state index in [0.717, 1.165) is 6.92 Å². The summed E-state index contributed by atoms with van der Waals surface area (Å²) in [6.45, 7) is 4.14. The number of carbonyl (C=O) groups is 1. The second-order valence-electron chi connectivity index (χ2n) is 6.48. The Balaban J connectivity index is 2.19. The van der Waals surface area contributed by atoms with Gasteiger partial charge >= 0.3 is 13.6 Å². The first-order chi connectivity index (χ1) is 13.2. The third-order valence-electron chi connectivity index (χ3n) is 4.40. The van der Waals surface area contributed by atoms with Crippen LogP contribution in [-0.4, -0.2) is 56.8 Å². The van der Waals surface area contributed by atoms with Gasteiger partial charge in [-0.05, 0) is 32.9 Å². The molecule has 0 bridgehead atoms. The van der Waals surface area contributed by atoms with E-state index in [0.29, 0.717) is 0 Å². The highest BCUT2D eigenvalue weighted by atomic mass is 31.2. The minimum absolute atomic E-state index is 0.0318. The molecule has 2 radical (unpaired) electrons. The summed E-state index contributed by atoms with van der Waals surface area (Å²) in [5, 5.41) is 0. The molecule has 1 aromatic rings. The van der Waals surface area contributed by atoms with Crippen LogP contribution in [0.25, 0.3) is 0 Å². The van der Waals surface area contributed by atoms with Crippen LogP contribution < -0.4 is 0 Å². The molecule has 0 saturated carbocycles. The van der Waals surface area contributed by atoms with Crippen molar-refractivity contribution in [3.63, 3.8) is 0 Å². The molecule has 5 atom stereocenters. The Kier molecular flexibility index (Phi) is 7.79. The van der Waals surface area contributed by atoms with E-state index in [1.165, 1.54) is 12.1 Å². The predicted molar refractivity (Wildman–Crippen MR) is 99.9 cm³/mol. The van der Waals surface area contributed by atoms with E-state index in [2.05, 4.69) is 0 Å². The molecule has 1 heterocycles. The summed E-state index contributed by atoms with van der Waals surface area (Å²) in [5.41, 5.74) is -2.07. The van der Waals surface area contributed by atoms with E-state index >= 15 is 4.39 Å². The van der Waals surface area contributed by atoms with E-state index in [-0.39, 0.29) is 18.8 Å². The van der Waals surface area contributed by atoms with Crippen LogP contribution in [0.15, 0.2) is 30.3 Å². The Labute approximate surface area is 164 Å². The van der Waals surface area contributed by atoms with Crippen LogP contribution in [0.2, 0.25) is 0 Å². The highest BCUT2D eigenvalue weighted by Crippen LogP contribution is 2.56. The highest BCUT2D eigenvalue weighted by Gasteiger charge is 2.56. The SMILES string of the molecule is [B][C@@H]1O[C@H](CC(F)P(=O)(OCC)OCC)[C@@H](OC(=O)c2ccccc2)C1(C)F. The van der Waals surface area contributed by atoms with Gasteiger partial charge in [-0.25, -0.2) is 13.6 Å². The quantitative estimate of drug-likeness (QED) is 0.347. The third kappa shape index (κ3) is 5.01. The van der Waals surface area contributed by atoms with E-state index < -0.39 is 49.8 Å².